The molecule has 1 aromatic rings. The molecule has 1 saturated heterocycles. The molecule has 2 atom stereocenters. The first-order chi connectivity index (χ1) is 8.17. The van der Waals surface area contributed by atoms with Crippen LogP contribution in [0.15, 0.2) is 24.3 Å². The van der Waals surface area contributed by atoms with Gasteiger partial charge in [0.05, 0.1) is 13.2 Å². The molecule has 4 heteroatoms. The van der Waals surface area contributed by atoms with E-state index in [4.69, 9.17) is 10.5 Å². The fourth-order valence-electron chi connectivity index (χ4n) is 2.44. The van der Waals surface area contributed by atoms with Crippen LogP contribution < -0.4 is 10.5 Å². The fourth-order valence-corrected chi connectivity index (χ4v) is 2.44. The summed E-state index contributed by atoms with van der Waals surface area (Å²) in [5, 5.41) is 0. The van der Waals surface area contributed by atoms with E-state index in [1.165, 1.54) is 0 Å². The van der Waals surface area contributed by atoms with Gasteiger partial charge in [-0.15, -0.1) is 0 Å². The highest BCUT2D eigenvalue weighted by Crippen LogP contribution is 2.33. The maximum Gasteiger partial charge on any atom is 0.224 e. The van der Waals surface area contributed by atoms with E-state index in [0.29, 0.717) is 13.0 Å². The molecule has 4 nitrogen and oxygen atoms in total. The van der Waals surface area contributed by atoms with Gasteiger partial charge in [0.2, 0.25) is 5.91 Å². The Bertz CT molecular complexity index is 420. The summed E-state index contributed by atoms with van der Waals surface area (Å²) in [6.07, 6.45) is 0.426. The first-order valence-corrected chi connectivity index (χ1v) is 5.86. The number of carbonyl (C=O) groups is 1. The zero-order chi connectivity index (χ0) is 12.4. The second-order valence-electron chi connectivity index (χ2n) is 4.27. The lowest BCUT2D eigenvalue weighted by molar-refractivity contribution is -0.128. The molecule has 17 heavy (non-hydrogen) atoms. The smallest absolute Gasteiger partial charge is 0.224 e. The van der Waals surface area contributed by atoms with Crippen LogP contribution in [0.25, 0.3) is 0 Å². The number of rotatable bonds is 3. The summed E-state index contributed by atoms with van der Waals surface area (Å²) < 4.78 is 5.20. The van der Waals surface area contributed by atoms with E-state index in [9.17, 15) is 4.79 Å². The van der Waals surface area contributed by atoms with Crippen LogP contribution in [-0.4, -0.2) is 30.5 Å². The Morgan fingerprint density at radius 3 is 2.94 bits per heavy atom. The first-order valence-electron chi connectivity index (χ1n) is 5.86. The SMILES string of the molecule is CCN1C(=O)CC(N)C1c1cccc(OC)c1. The van der Waals surface area contributed by atoms with E-state index in [1.54, 1.807) is 7.11 Å². The molecule has 0 aliphatic carbocycles. The van der Waals surface area contributed by atoms with Crippen molar-refractivity contribution in [1.29, 1.82) is 0 Å². The van der Waals surface area contributed by atoms with E-state index >= 15 is 0 Å². The molecule has 1 aromatic carbocycles. The van der Waals surface area contributed by atoms with E-state index in [0.717, 1.165) is 11.3 Å². The van der Waals surface area contributed by atoms with Gasteiger partial charge in [0.25, 0.3) is 0 Å². The lowest BCUT2D eigenvalue weighted by atomic mass is 10.0. The number of benzene rings is 1. The summed E-state index contributed by atoms with van der Waals surface area (Å²) in [6.45, 7) is 2.66. The van der Waals surface area contributed by atoms with E-state index < -0.39 is 0 Å². The number of amides is 1. The Morgan fingerprint density at radius 1 is 1.53 bits per heavy atom. The lowest BCUT2D eigenvalue weighted by Gasteiger charge is -2.26. The fraction of sp³-hybridized carbons (Fsp3) is 0.462. The van der Waals surface area contributed by atoms with Crippen molar-refractivity contribution in [2.75, 3.05) is 13.7 Å². The Kier molecular flexibility index (Phi) is 3.33. The third kappa shape index (κ3) is 2.13. The van der Waals surface area contributed by atoms with Crippen LogP contribution in [0.1, 0.15) is 24.9 Å². The Morgan fingerprint density at radius 2 is 2.29 bits per heavy atom. The molecule has 1 amide bonds. The van der Waals surface area contributed by atoms with Gasteiger partial charge in [-0.05, 0) is 24.6 Å². The monoisotopic (exact) mass is 234 g/mol. The number of likely N-dealkylation sites (tertiary alicyclic amines) is 1. The van der Waals surface area contributed by atoms with Crippen LogP contribution in [0, 0.1) is 0 Å². The van der Waals surface area contributed by atoms with E-state index in [1.807, 2.05) is 36.1 Å². The van der Waals surface area contributed by atoms with Crippen LogP contribution >= 0.6 is 0 Å². The number of methoxy groups -OCH3 is 1. The topological polar surface area (TPSA) is 55.6 Å². The van der Waals surface area contributed by atoms with Gasteiger partial charge in [-0.1, -0.05) is 12.1 Å². The average molecular weight is 234 g/mol. The minimum atomic E-state index is -0.130. The van der Waals surface area contributed by atoms with Crippen LogP contribution in [0.3, 0.4) is 0 Å². The van der Waals surface area contributed by atoms with Crippen LogP contribution in [0.2, 0.25) is 0 Å². The molecule has 1 aliphatic rings. The van der Waals surface area contributed by atoms with Gasteiger partial charge in [-0.2, -0.15) is 0 Å². The minimum absolute atomic E-state index is 0.0254. The molecule has 92 valence electrons. The Balaban J connectivity index is 2.33. The molecule has 0 spiro atoms. The highest BCUT2D eigenvalue weighted by Gasteiger charge is 2.37. The number of carbonyl (C=O) groups excluding carboxylic acids is 1. The molecular formula is C13H18N2O2. The molecule has 0 bridgehead atoms. The van der Waals surface area contributed by atoms with Gasteiger partial charge in [-0.25, -0.2) is 0 Å². The van der Waals surface area contributed by atoms with Crippen LogP contribution in [0.5, 0.6) is 5.75 Å². The molecule has 1 heterocycles. The van der Waals surface area contributed by atoms with Gasteiger partial charge in [-0.3, -0.25) is 4.79 Å². The summed E-state index contributed by atoms with van der Waals surface area (Å²) in [7, 11) is 1.64. The molecule has 1 fully saturated rings. The standard InChI is InChI=1S/C13H18N2O2/c1-3-15-12(16)8-11(14)13(15)9-5-4-6-10(7-9)17-2/h4-7,11,13H,3,8,14H2,1-2H3. The summed E-state index contributed by atoms with van der Waals surface area (Å²) >= 11 is 0. The molecule has 2 rings (SSSR count). The second-order valence-corrected chi connectivity index (χ2v) is 4.27. The third-order valence-corrected chi connectivity index (χ3v) is 3.25. The number of ether oxygens (including phenoxy) is 1. The van der Waals surface area contributed by atoms with Crippen molar-refractivity contribution in [3.63, 3.8) is 0 Å². The number of hydrogen-bond donors (Lipinski definition) is 1. The molecular weight excluding hydrogens is 216 g/mol. The molecule has 0 saturated carbocycles. The molecule has 1 aliphatic heterocycles. The van der Waals surface area contributed by atoms with Crippen molar-refractivity contribution >= 4 is 5.91 Å². The molecule has 0 aromatic heterocycles. The maximum atomic E-state index is 11.8. The predicted octanol–water partition coefficient (Wildman–Crippen LogP) is 1.32. The normalized spacial score (nSPS) is 24.2. The van der Waals surface area contributed by atoms with Gasteiger partial charge in [0, 0.05) is 19.0 Å². The van der Waals surface area contributed by atoms with Crippen LogP contribution in [0.4, 0.5) is 0 Å². The van der Waals surface area contributed by atoms with E-state index in [-0.39, 0.29) is 18.0 Å². The van der Waals surface area contributed by atoms with Gasteiger partial charge in [0.15, 0.2) is 0 Å². The Labute approximate surface area is 101 Å². The maximum absolute atomic E-state index is 11.8. The van der Waals surface area contributed by atoms with Crippen molar-refractivity contribution in [3.8, 4) is 5.75 Å². The molecule has 2 unspecified atom stereocenters. The largest absolute Gasteiger partial charge is 0.497 e. The number of hydrogen-bond acceptors (Lipinski definition) is 3. The summed E-state index contributed by atoms with van der Waals surface area (Å²) in [5.74, 6) is 0.929. The van der Waals surface area contributed by atoms with Gasteiger partial charge >= 0.3 is 0 Å². The summed E-state index contributed by atoms with van der Waals surface area (Å²) in [5.41, 5.74) is 7.10. The number of likely N-dealkylation sites (N-methyl/N-ethyl adjacent to an activating group) is 1. The van der Waals surface area contributed by atoms with Gasteiger partial charge < -0.3 is 15.4 Å². The van der Waals surface area contributed by atoms with Crippen molar-refractivity contribution in [3.05, 3.63) is 29.8 Å². The van der Waals surface area contributed by atoms with Crippen molar-refractivity contribution in [2.45, 2.75) is 25.4 Å². The zero-order valence-corrected chi connectivity index (χ0v) is 10.2. The first kappa shape index (κ1) is 11.9. The highest BCUT2D eigenvalue weighted by molar-refractivity contribution is 5.80. The van der Waals surface area contributed by atoms with Crippen molar-refractivity contribution in [2.24, 2.45) is 5.73 Å². The van der Waals surface area contributed by atoms with E-state index in [2.05, 4.69) is 0 Å². The van der Waals surface area contributed by atoms with Gasteiger partial charge in [0.1, 0.15) is 5.75 Å². The second kappa shape index (κ2) is 4.75. The van der Waals surface area contributed by atoms with Crippen LogP contribution in [-0.2, 0) is 4.79 Å². The number of nitrogens with two attached hydrogens (primary N) is 1. The summed E-state index contributed by atoms with van der Waals surface area (Å²) in [4.78, 5) is 13.6. The lowest BCUT2D eigenvalue weighted by Crippen LogP contribution is -2.32. The summed E-state index contributed by atoms with van der Waals surface area (Å²) in [6, 6.07) is 7.61. The van der Waals surface area contributed by atoms with Crippen molar-refractivity contribution in [1.82, 2.24) is 4.90 Å². The van der Waals surface area contributed by atoms with Crippen molar-refractivity contribution < 1.29 is 9.53 Å². The highest BCUT2D eigenvalue weighted by atomic mass is 16.5. The minimum Gasteiger partial charge on any atom is -0.497 e. The average Bonchev–Trinajstić information content (AvgIpc) is 2.63. The quantitative estimate of drug-likeness (QED) is 0.858. The Hall–Kier alpha value is -1.55. The zero-order valence-electron chi connectivity index (χ0n) is 10.2. The molecule has 2 N–H and O–H groups in total. The third-order valence-electron chi connectivity index (χ3n) is 3.25. The predicted molar refractivity (Wildman–Crippen MR) is 65.7 cm³/mol. The molecule has 0 radical (unpaired) electrons. The number of nitrogens with zero attached hydrogens (tertiary/aromatic N) is 1.